The Morgan fingerprint density at radius 3 is 2.43 bits per heavy atom. The number of morpholine rings is 1. The quantitative estimate of drug-likeness (QED) is 0.474. The number of ether oxygens (including phenoxy) is 2. The van der Waals surface area contributed by atoms with Crippen LogP contribution in [0.3, 0.4) is 0 Å². The van der Waals surface area contributed by atoms with E-state index in [-0.39, 0.29) is 11.5 Å². The van der Waals surface area contributed by atoms with Gasteiger partial charge in [-0.05, 0) is 42.0 Å². The van der Waals surface area contributed by atoms with Gasteiger partial charge in [-0.25, -0.2) is 4.79 Å². The Morgan fingerprint density at radius 2 is 1.77 bits per heavy atom. The second kappa shape index (κ2) is 11.3. The molecule has 0 aliphatic carbocycles. The van der Waals surface area contributed by atoms with Gasteiger partial charge in [-0.1, -0.05) is 41.9 Å². The summed E-state index contributed by atoms with van der Waals surface area (Å²) in [6, 6.07) is 20.1. The minimum absolute atomic E-state index is 0.166. The molecule has 0 bridgehead atoms. The number of anilines is 2. The van der Waals surface area contributed by atoms with Gasteiger partial charge in [0.2, 0.25) is 5.91 Å². The van der Waals surface area contributed by atoms with Crippen molar-refractivity contribution in [3.8, 4) is 5.75 Å². The van der Waals surface area contributed by atoms with E-state index in [0.717, 1.165) is 11.1 Å². The van der Waals surface area contributed by atoms with Crippen LogP contribution in [0.15, 0.2) is 66.7 Å². The third kappa shape index (κ3) is 6.12. The molecule has 0 atom stereocenters. The predicted molar refractivity (Wildman–Crippen MR) is 136 cm³/mol. The summed E-state index contributed by atoms with van der Waals surface area (Å²) in [7, 11) is 0. The van der Waals surface area contributed by atoms with Crippen LogP contribution < -0.4 is 14.5 Å². The molecule has 1 N–H and O–H groups in total. The lowest BCUT2D eigenvalue weighted by molar-refractivity contribution is -0.116. The zero-order chi connectivity index (χ0) is 24.8. The summed E-state index contributed by atoms with van der Waals surface area (Å²) >= 11 is 6.18. The van der Waals surface area contributed by atoms with Crippen LogP contribution in [0, 0.1) is 0 Å². The zero-order valence-electron chi connectivity index (χ0n) is 19.4. The largest absolute Gasteiger partial charge is 0.489 e. The summed E-state index contributed by atoms with van der Waals surface area (Å²) in [5, 5.41) is 10.5. The fourth-order valence-electron chi connectivity index (χ4n) is 3.98. The first-order valence-electron chi connectivity index (χ1n) is 11.4. The van der Waals surface area contributed by atoms with Crippen LogP contribution >= 0.6 is 11.6 Å². The highest BCUT2D eigenvalue weighted by molar-refractivity contribution is 6.31. The second-order valence-electron chi connectivity index (χ2n) is 8.24. The molecule has 0 spiro atoms. The van der Waals surface area contributed by atoms with Crippen molar-refractivity contribution < 1.29 is 24.2 Å². The number of rotatable bonds is 8. The van der Waals surface area contributed by atoms with Gasteiger partial charge in [0, 0.05) is 36.3 Å². The van der Waals surface area contributed by atoms with Crippen LogP contribution in [-0.2, 0) is 22.7 Å². The number of aromatic carboxylic acids is 1. The Bertz CT molecular complexity index is 1190. The topological polar surface area (TPSA) is 79.3 Å². The molecule has 1 aliphatic heterocycles. The molecule has 35 heavy (non-hydrogen) atoms. The van der Waals surface area contributed by atoms with E-state index in [1.165, 1.54) is 6.92 Å². The van der Waals surface area contributed by atoms with Crippen molar-refractivity contribution >= 4 is 34.9 Å². The first-order valence-corrected chi connectivity index (χ1v) is 11.7. The molecule has 1 amide bonds. The number of halogens is 1. The average molecular weight is 495 g/mol. The standard InChI is InChI=1S/C27H27ClN2O5/c1-19(31)30(22-8-11-26(24(16-22)27(32)33)29-12-14-34-15-13-29)17-20-6-9-23(10-7-20)35-18-21-4-2-3-5-25(21)28/h2-11,16H,12-15,17-18H2,1H3,(H,32,33). The maximum Gasteiger partial charge on any atom is 0.337 e. The minimum atomic E-state index is -1.03. The first kappa shape index (κ1) is 24.6. The van der Waals surface area contributed by atoms with E-state index in [9.17, 15) is 14.7 Å². The van der Waals surface area contributed by atoms with E-state index >= 15 is 0 Å². The summed E-state index contributed by atoms with van der Waals surface area (Å²) in [6.45, 7) is 4.48. The molecule has 1 aliphatic rings. The number of carboxylic acid groups (broad SMARTS) is 1. The summed E-state index contributed by atoms with van der Waals surface area (Å²) in [4.78, 5) is 28.1. The number of amides is 1. The number of benzene rings is 3. The summed E-state index contributed by atoms with van der Waals surface area (Å²) in [6.07, 6.45) is 0. The predicted octanol–water partition coefficient (Wildman–Crippen LogP) is 5.01. The molecule has 1 fully saturated rings. The van der Waals surface area contributed by atoms with Crippen molar-refractivity contribution in [3.05, 3.63) is 88.4 Å². The van der Waals surface area contributed by atoms with E-state index in [2.05, 4.69) is 0 Å². The highest BCUT2D eigenvalue weighted by atomic mass is 35.5. The molecule has 0 unspecified atom stereocenters. The van der Waals surface area contributed by atoms with Gasteiger partial charge in [0.15, 0.2) is 0 Å². The van der Waals surface area contributed by atoms with Crippen LogP contribution in [0.2, 0.25) is 5.02 Å². The Balaban J connectivity index is 1.49. The van der Waals surface area contributed by atoms with Gasteiger partial charge in [0.05, 0.1) is 31.0 Å². The summed E-state index contributed by atoms with van der Waals surface area (Å²) in [5.41, 5.74) is 3.12. The van der Waals surface area contributed by atoms with Gasteiger partial charge in [-0.3, -0.25) is 4.79 Å². The Labute approximate surface area is 209 Å². The number of carboxylic acids is 1. The van der Waals surface area contributed by atoms with Gasteiger partial charge in [-0.15, -0.1) is 0 Å². The van der Waals surface area contributed by atoms with Gasteiger partial charge >= 0.3 is 5.97 Å². The van der Waals surface area contributed by atoms with Gasteiger partial charge in [-0.2, -0.15) is 0 Å². The smallest absolute Gasteiger partial charge is 0.337 e. The first-order chi connectivity index (χ1) is 16.9. The average Bonchev–Trinajstić information content (AvgIpc) is 2.87. The van der Waals surface area contributed by atoms with Crippen molar-refractivity contribution in [2.75, 3.05) is 36.1 Å². The fourth-order valence-corrected chi connectivity index (χ4v) is 4.17. The number of hydrogen-bond acceptors (Lipinski definition) is 5. The lowest BCUT2D eigenvalue weighted by atomic mass is 10.1. The van der Waals surface area contributed by atoms with Gasteiger partial charge in [0.1, 0.15) is 12.4 Å². The molecule has 4 rings (SSSR count). The lowest BCUT2D eigenvalue weighted by Gasteiger charge is -2.31. The Morgan fingerprint density at radius 1 is 1.06 bits per heavy atom. The third-order valence-electron chi connectivity index (χ3n) is 5.87. The van der Waals surface area contributed by atoms with E-state index in [1.807, 2.05) is 53.4 Å². The van der Waals surface area contributed by atoms with Crippen molar-refractivity contribution in [2.45, 2.75) is 20.1 Å². The fraction of sp³-hybridized carbons (Fsp3) is 0.259. The maximum atomic E-state index is 12.5. The molecule has 0 saturated carbocycles. The Hall–Kier alpha value is -3.55. The highest BCUT2D eigenvalue weighted by Crippen LogP contribution is 2.29. The van der Waals surface area contributed by atoms with E-state index in [0.29, 0.717) is 61.6 Å². The summed E-state index contributed by atoms with van der Waals surface area (Å²) < 4.78 is 11.2. The van der Waals surface area contributed by atoms with Crippen molar-refractivity contribution in [2.24, 2.45) is 0 Å². The molecule has 3 aromatic carbocycles. The van der Waals surface area contributed by atoms with Crippen molar-refractivity contribution in [1.82, 2.24) is 0 Å². The van der Waals surface area contributed by atoms with Crippen LogP contribution in [0.4, 0.5) is 11.4 Å². The molecular weight excluding hydrogens is 468 g/mol. The molecule has 3 aromatic rings. The highest BCUT2D eigenvalue weighted by Gasteiger charge is 2.21. The molecule has 0 radical (unpaired) electrons. The Kier molecular flexibility index (Phi) is 7.90. The number of carbonyl (C=O) groups excluding carboxylic acids is 1. The molecule has 1 heterocycles. The SMILES string of the molecule is CC(=O)N(Cc1ccc(OCc2ccccc2Cl)cc1)c1ccc(N2CCOCC2)c(C(=O)O)c1. The van der Waals surface area contributed by atoms with Crippen LogP contribution in [0.5, 0.6) is 5.75 Å². The van der Waals surface area contributed by atoms with E-state index in [4.69, 9.17) is 21.1 Å². The minimum Gasteiger partial charge on any atom is -0.489 e. The van der Waals surface area contributed by atoms with Crippen LogP contribution in [0.25, 0.3) is 0 Å². The summed E-state index contributed by atoms with van der Waals surface area (Å²) in [5.74, 6) is -0.526. The number of carbonyl (C=O) groups is 2. The van der Waals surface area contributed by atoms with E-state index in [1.54, 1.807) is 23.1 Å². The van der Waals surface area contributed by atoms with Crippen LogP contribution in [0.1, 0.15) is 28.4 Å². The molecule has 8 heteroatoms. The maximum absolute atomic E-state index is 12.5. The lowest BCUT2D eigenvalue weighted by Crippen LogP contribution is -2.37. The van der Waals surface area contributed by atoms with Crippen molar-refractivity contribution in [1.29, 1.82) is 0 Å². The van der Waals surface area contributed by atoms with Gasteiger partial charge in [0.25, 0.3) is 0 Å². The van der Waals surface area contributed by atoms with Gasteiger partial charge < -0.3 is 24.4 Å². The second-order valence-corrected chi connectivity index (χ2v) is 8.64. The molecule has 7 nitrogen and oxygen atoms in total. The molecule has 182 valence electrons. The number of nitrogens with zero attached hydrogens (tertiary/aromatic N) is 2. The van der Waals surface area contributed by atoms with E-state index < -0.39 is 5.97 Å². The monoisotopic (exact) mass is 494 g/mol. The molecule has 1 saturated heterocycles. The van der Waals surface area contributed by atoms with Crippen molar-refractivity contribution in [3.63, 3.8) is 0 Å². The normalized spacial score (nSPS) is 13.4. The zero-order valence-corrected chi connectivity index (χ0v) is 20.2. The van der Waals surface area contributed by atoms with Crippen LogP contribution in [-0.4, -0.2) is 43.3 Å². The molecular formula is C27H27ClN2O5. The third-order valence-corrected chi connectivity index (χ3v) is 6.24. The number of hydrogen-bond donors (Lipinski definition) is 1. The molecule has 0 aromatic heterocycles.